The highest BCUT2D eigenvalue weighted by Crippen LogP contribution is 2.57. The van der Waals surface area contributed by atoms with E-state index < -0.39 is 0 Å². The highest BCUT2D eigenvalue weighted by Gasteiger charge is 2.56. The van der Waals surface area contributed by atoms with Gasteiger partial charge in [0, 0.05) is 31.7 Å². The smallest absolute Gasteiger partial charge is 0.0363 e. The quantitative estimate of drug-likeness (QED) is 0.800. The average molecular weight is 204 g/mol. The highest BCUT2D eigenvalue weighted by molar-refractivity contribution is 5.50. The molecule has 1 fully saturated rings. The molecular weight excluding hydrogens is 184 g/mol. The lowest BCUT2D eigenvalue weighted by Crippen LogP contribution is -2.09. The number of benzene rings is 1. The zero-order chi connectivity index (χ0) is 11.2. The molecule has 2 atom stereocenters. The van der Waals surface area contributed by atoms with Crippen molar-refractivity contribution in [2.24, 2.45) is 11.1 Å². The summed E-state index contributed by atoms with van der Waals surface area (Å²) < 4.78 is 0. The Hall–Kier alpha value is -1.02. The number of hydrogen-bond donors (Lipinski definition) is 1. The maximum atomic E-state index is 6.09. The van der Waals surface area contributed by atoms with Crippen LogP contribution in [0.15, 0.2) is 24.3 Å². The molecule has 0 radical (unpaired) electrons. The minimum absolute atomic E-state index is 0.269. The first-order chi connectivity index (χ1) is 6.94. The normalized spacial score (nSPS) is 27.5. The van der Waals surface area contributed by atoms with Crippen molar-refractivity contribution < 1.29 is 0 Å². The van der Waals surface area contributed by atoms with Crippen molar-refractivity contribution in [2.75, 3.05) is 19.0 Å². The third-order valence-corrected chi connectivity index (χ3v) is 3.66. The van der Waals surface area contributed by atoms with Crippen molar-refractivity contribution >= 4 is 5.69 Å². The Labute approximate surface area is 92.1 Å². The number of nitrogens with zero attached hydrogens (tertiary/aromatic N) is 1. The molecule has 2 rings (SSSR count). The molecule has 1 aromatic rings. The van der Waals surface area contributed by atoms with Gasteiger partial charge in [-0.2, -0.15) is 0 Å². The van der Waals surface area contributed by atoms with Crippen LogP contribution in [-0.2, 0) is 0 Å². The molecule has 2 heteroatoms. The maximum absolute atomic E-state index is 6.09. The van der Waals surface area contributed by atoms with E-state index in [1.807, 2.05) is 0 Å². The van der Waals surface area contributed by atoms with Gasteiger partial charge in [0.2, 0.25) is 0 Å². The van der Waals surface area contributed by atoms with E-state index >= 15 is 0 Å². The lowest BCUT2D eigenvalue weighted by molar-refractivity contribution is 0.599. The van der Waals surface area contributed by atoms with Gasteiger partial charge in [-0.05, 0) is 23.1 Å². The van der Waals surface area contributed by atoms with Crippen LogP contribution in [-0.4, -0.2) is 20.1 Å². The van der Waals surface area contributed by atoms with Crippen LogP contribution >= 0.6 is 0 Å². The van der Waals surface area contributed by atoms with E-state index in [4.69, 9.17) is 5.73 Å². The molecule has 1 aliphatic carbocycles. The Morgan fingerprint density at radius 2 is 1.87 bits per heavy atom. The van der Waals surface area contributed by atoms with E-state index in [-0.39, 0.29) is 5.41 Å². The first-order valence-corrected chi connectivity index (χ1v) is 5.47. The lowest BCUT2D eigenvalue weighted by Gasteiger charge is -2.14. The number of rotatable bonds is 2. The van der Waals surface area contributed by atoms with Crippen LogP contribution in [0, 0.1) is 5.41 Å². The summed E-state index contributed by atoms with van der Waals surface area (Å²) in [7, 11) is 4.13. The molecule has 1 saturated carbocycles. The molecule has 0 saturated heterocycles. The zero-order valence-corrected chi connectivity index (χ0v) is 9.99. The topological polar surface area (TPSA) is 29.3 Å². The van der Waals surface area contributed by atoms with Crippen molar-refractivity contribution in [1.29, 1.82) is 0 Å². The van der Waals surface area contributed by atoms with Gasteiger partial charge in [-0.1, -0.05) is 26.0 Å². The third kappa shape index (κ3) is 1.63. The molecule has 2 unspecified atom stereocenters. The fourth-order valence-corrected chi connectivity index (χ4v) is 2.31. The van der Waals surface area contributed by atoms with E-state index in [0.29, 0.717) is 12.0 Å². The minimum Gasteiger partial charge on any atom is -0.378 e. The first kappa shape index (κ1) is 10.5. The zero-order valence-electron chi connectivity index (χ0n) is 9.99. The summed E-state index contributed by atoms with van der Waals surface area (Å²) in [5, 5.41) is 0. The van der Waals surface area contributed by atoms with Crippen LogP contribution < -0.4 is 10.6 Å². The van der Waals surface area contributed by atoms with E-state index in [1.165, 1.54) is 11.3 Å². The molecule has 2 nitrogen and oxygen atoms in total. The Balaban J connectivity index is 2.28. The molecule has 1 aromatic carbocycles. The van der Waals surface area contributed by atoms with Crippen molar-refractivity contribution in [3.05, 3.63) is 29.8 Å². The Kier molecular flexibility index (Phi) is 2.27. The molecule has 15 heavy (non-hydrogen) atoms. The summed E-state index contributed by atoms with van der Waals surface area (Å²) in [5.41, 5.74) is 8.98. The molecule has 1 aliphatic rings. The van der Waals surface area contributed by atoms with Gasteiger partial charge < -0.3 is 10.6 Å². The molecule has 0 amide bonds. The van der Waals surface area contributed by atoms with Gasteiger partial charge in [0.25, 0.3) is 0 Å². The molecule has 0 spiro atoms. The number of anilines is 1. The summed E-state index contributed by atoms with van der Waals surface area (Å²) in [5.74, 6) is 0.525. The fourth-order valence-electron chi connectivity index (χ4n) is 2.31. The van der Waals surface area contributed by atoms with Gasteiger partial charge in [-0.25, -0.2) is 0 Å². The second-order valence-corrected chi connectivity index (χ2v) is 5.31. The molecule has 2 N–H and O–H groups in total. The second kappa shape index (κ2) is 3.24. The molecule has 0 bridgehead atoms. The molecule has 0 heterocycles. The number of hydrogen-bond acceptors (Lipinski definition) is 2. The van der Waals surface area contributed by atoms with E-state index in [0.717, 1.165) is 0 Å². The van der Waals surface area contributed by atoms with Crippen LogP contribution in [0.1, 0.15) is 25.3 Å². The Morgan fingerprint density at radius 3 is 2.33 bits per heavy atom. The Morgan fingerprint density at radius 1 is 1.27 bits per heavy atom. The van der Waals surface area contributed by atoms with E-state index in [2.05, 4.69) is 57.1 Å². The minimum atomic E-state index is 0.269. The van der Waals surface area contributed by atoms with Gasteiger partial charge in [0.1, 0.15) is 0 Å². The fraction of sp³-hybridized carbons (Fsp3) is 0.538. The first-order valence-electron chi connectivity index (χ1n) is 5.47. The summed E-state index contributed by atoms with van der Waals surface area (Å²) in [6.45, 7) is 4.48. The van der Waals surface area contributed by atoms with Crippen LogP contribution in [0.4, 0.5) is 5.69 Å². The second-order valence-electron chi connectivity index (χ2n) is 5.31. The summed E-state index contributed by atoms with van der Waals surface area (Å²) in [4.78, 5) is 2.13. The van der Waals surface area contributed by atoms with Crippen molar-refractivity contribution in [2.45, 2.75) is 25.8 Å². The van der Waals surface area contributed by atoms with Gasteiger partial charge in [-0.3, -0.25) is 0 Å². The van der Waals surface area contributed by atoms with Gasteiger partial charge in [0.15, 0.2) is 0 Å². The summed E-state index contributed by atoms with van der Waals surface area (Å²) in [6, 6.07) is 9.00. The predicted molar refractivity (Wildman–Crippen MR) is 65.3 cm³/mol. The maximum Gasteiger partial charge on any atom is 0.0363 e. The van der Waals surface area contributed by atoms with Gasteiger partial charge in [-0.15, -0.1) is 0 Å². The van der Waals surface area contributed by atoms with Crippen LogP contribution in [0.2, 0.25) is 0 Å². The average Bonchev–Trinajstić information content (AvgIpc) is 2.66. The molecule has 82 valence electrons. The standard InChI is InChI=1S/C13H20N2/c1-13(2)11(12(13)14)9-6-5-7-10(8-9)15(3)4/h5-8,11-12H,14H2,1-4H3. The van der Waals surface area contributed by atoms with Crippen molar-refractivity contribution in [1.82, 2.24) is 0 Å². The summed E-state index contributed by atoms with van der Waals surface area (Å²) >= 11 is 0. The van der Waals surface area contributed by atoms with Crippen molar-refractivity contribution in [3.63, 3.8) is 0 Å². The number of nitrogens with two attached hydrogens (primary N) is 1. The Bertz CT molecular complexity index is 369. The molecule has 0 aliphatic heterocycles. The van der Waals surface area contributed by atoms with Gasteiger partial charge >= 0.3 is 0 Å². The van der Waals surface area contributed by atoms with E-state index in [9.17, 15) is 0 Å². The molecule has 0 aromatic heterocycles. The summed E-state index contributed by atoms with van der Waals surface area (Å²) in [6.07, 6.45) is 0. The largest absolute Gasteiger partial charge is 0.378 e. The SMILES string of the molecule is CN(C)c1cccc(C2C(N)C2(C)C)c1. The van der Waals surface area contributed by atoms with Crippen LogP contribution in [0.25, 0.3) is 0 Å². The van der Waals surface area contributed by atoms with E-state index in [1.54, 1.807) is 0 Å². The lowest BCUT2D eigenvalue weighted by atomic mass is 10.0. The third-order valence-electron chi connectivity index (χ3n) is 3.66. The van der Waals surface area contributed by atoms with Crippen molar-refractivity contribution in [3.8, 4) is 0 Å². The predicted octanol–water partition coefficient (Wildman–Crippen LogP) is 2.20. The monoisotopic (exact) mass is 204 g/mol. The van der Waals surface area contributed by atoms with Crippen LogP contribution in [0.3, 0.4) is 0 Å². The van der Waals surface area contributed by atoms with Gasteiger partial charge in [0.05, 0.1) is 0 Å². The highest BCUT2D eigenvalue weighted by atomic mass is 15.1. The molecular formula is C13H20N2. The van der Waals surface area contributed by atoms with Crippen LogP contribution in [0.5, 0.6) is 0 Å².